The van der Waals surface area contributed by atoms with E-state index in [0.717, 1.165) is 0 Å². The van der Waals surface area contributed by atoms with Crippen molar-refractivity contribution in [3.05, 3.63) is 50.3 Å². The molecule has 7 heteroatoms. The van der Waals surface area contributed by atoms with Gasteiger partial charge < -0.3 is 14.9 Å². The van der Waals surface area contributed by atoms with Crippen LogP contribution in [0.3, 0.4) is 0 Å². The minimum atomic E-state index is -0.508. The Hall–Kier alpha value is -1.60. The zero-order chi connectivity index (χ0) is 15.6. The lowest BCUT2D eigenvalue weighted by Crippen LogP contribution is -2.10. The van der Waals surface area contributed by atoms with Crippen molar-refractivity contribution in [2.75, 3.05) is 12.3 Å². The quantitative estimate of drug-likeness (QED) is 0.465. The van der Waals surface area contributed by atoms with Gasteiger partial charge in [-0.1, -0.05) is 0 Å². The Balaban J connectivity index is 2.43. The normalized spacial score (nSPS) is 10.4. The number of hydrogen-bond donors (Lipinski definition) is 1. The van der Waals surface area contributed by atoms with Crippen molar-refractivity contribution in [2.24, 2.45) is 0 Å². The van der Waals surface area contributed by atoms with E-state index in [2.05, 4.69) is 31.9 Å². The molecule has 0 spiro atoms. The summed E-state index contributed by atoms with van der Waals surface area (Å²) in [6, 6.07) is 4.40. The zero-order valence-corrected chi connectivity index (χ0v) is 14.2. The molecule has 1 aromatic carbocycles. The van der Waals surface area contributed by atoms with Crippen molar-refractivity contribution < 1.29 is 18.7 Å². The van der Waals surface area contributed by atoms with Crippen molar-refractivity contribution in [3.63, 3.8) is 0 Å². The molecule has 21 heavy (non-hydrogen) atoms. The molecule has 0 aliphatic rings. The molecule has 1 heterocycles. The van der Waals surface area contributed by atoms with Gasteiger partial charge >= 0.3 is 5.97 Å². The third-order valence-electron chi connectivity index (χ3n) is 2.70. The third kappa shape index (κ3) is 3.19. The molecule has 0 unspecified atom stereocenters. The van der Waals surface area contributed by atoms with Gasteiger partial charge in [-0.2, -0.15) is 0 Å². The van der Waals surface area contributed by atoms with Gasteiger partial charge in [0, 0.05) is 11.3 Å². The standard InChI is InChI=1S/C14H11Br2NO4/c1-2-20-14(19)7-3-4-10(17)8(5-7)12(18)13-11(16)9(15)6-21-13/h3-6H,2,17H2,1H3. The van der Waals surface area contributed by atoms with E-state index in [4.69, 9.17) is 14.9 Å². The number of carbonyl (C=O) groups excluding carboxylic acids is 2. The van der Waals surface area contributed by atoms with Crippen LogP contribution in [0.1, 0.15) is 33.4 Å². The second-order valence-electron chi connectivity index (χ2n) is 4.08. The van der Waals surface area contributed by atoms with E-state index < -0.39 is 11.8 Å². The van der Waals surface area contributed by atoms with Gasteiger partial charge in [-0.25, -0.2) is 4.79 Å². The van der Waals surface area contributed by atoms with Crippen LogP contribution in [-0.4, -0.2) is 18.4 Å². The smallest absolute Gasteiger partial charge is 0.338 e. The van der Waals surface area contributed by atoms with Crippen molar-refractivity contribution >= 4 is 49.3 Å². The van der Waals surface area contributed by atoms with E-state index in [0.29, 0.717) is 8.95 Å². The predicted octanol–water partition coefficient (Wildman–Crippen LogP) is 3.79. The van der Waals surface area contributed by atoms with E-state index in [1.54, 1.807) is 6.92 Å². The van der Waals surface area contributed by atoms with E-state index in [9.17, 15) is 9.59 Å². The third-order valence-corrected chi connectivity index (χ3v) is 4.61. The first-order valence-electron chi connectivity index (χ1n) is 5.99. The molecule has 0 saturated heterocycles. The molecule has 0 aliphatic heterocycles. The molecule has 0 saturated carbocycles. The lowest BCUT2D eigenvalue weighted by Gasteiger charge is -2.07. The minimum absolute atomic E-state index is 0.106. The molecular weight excluding hydrogens is 406 g/mol. The highest BCUT2D eigenvalue weighted by Gasteiger charge is 2.22. The number of ketones is 1. The minimum Gasteiger partial charge on any atom is -0.462 e. The number of anilines is 1. The fourth-order valence-corrected chi connectivity index (χ4v) is 2.33. The van der Waals surface area contributed by atoms with Gasteiger partial charge in [0.1, 0.15) is 6.26 Å². The van der Waals surface area contributed by atoms with Crippen molar-refractivity contribution in [2.45, 2.75) is 6.92 Å². The fraction of sp³-hybridized carbons (Fsp3) is 0.143. The van der Waals surface area contributed by atoms with E-state index >= 15 is 0 Å². The number of hydrogen-bond acceptors (Lipinski definition) is 5. The molecule has 2 N–H and O–H groups in total. The molecule has 0 radical (unpaired) electrons. The van der Waals surface area contributed by atoms with Crippen molar-refractivity contribution in [3.8, 4) is 0 Å². The summed E-state index contributed by atoms with van der Waals surface area (Å²) >= 11 is 6.49. The summed E-state index contributed by atoms with van der Waals surface area (Å²) in [5, 5.41) is 0. The number of furan rings is 1. The van der Waals surface area contributed by atoms with Gasteiger partial charge in [0.2, 0.25) is 5.78 Å². The summed E-state index contributed by atoms with van der Waals surface area (Å²) in [5.74, 6) is -0.822. The highest BCUT2D eigenvalue weighted by atomic mass is 79.9. The number of ether oxygens (including phenoxy) is 1. The molecule has 0 bridgehead atoms. The SMILES string of the molecule is CCOC(=O)c1ccc(N)c(C(=O)c2occ(Br)c2Br)c1. The van der Waals surface area contributed by atoms with Crippen molar-refractivity contribution in [1.29, 1.82) is 0 Å². The van der Waals surface area contributed by atoms with Crippen LogP contribution in [0.15, 0.2) is 37.8 Å². The lowest BCUT2D eigenvalue weighted by atomic mass is 10.0. The molecule has 2 rings (SSSR count). The summed E-state index contributed by atoms with van der Waals surface area (Å²) in [7, 11) is 0. The first kappa shape index (κ1) is 15.8. The van der Waals surface area contributed by atoms with Crippen LogP contribution in [0, 0.1) is 0 Å². The average Bonchev–Trinajstić information content (AvgIpc) is 2.79. The maximum Gasteiger partial charge on any atom is 0.338 e. The largest absolute Gasteiger partial charge is 0.462 e. The Labute approximate surface area is 137 Å². The number of carbonyl (C=O) groups is 2. The molecule has 0 fully saturated rings. The topological polar surface area (TPSA) is 82.5 Å². The van der Waals surface area contributed by atoms with Crippen LogP contribution < -0.4 is 5.73 Å². The van der Waals surface area contributed by atoms with Crippen LogP contribution in [0.4, 0.5) is 5.69 Å². The first-order chi connectivity index (χ1) is 9.95. The fourth-order valence-electron chi connectivity index (χ4n) is 1.69. The summed E-state index contributed by atoms with van der Waals surface area (Å²) in [6.07, 6.45) is 1.39. The molecule has 1 aromatic heterocycles. The van der Waals surface area contributed by atoms with Gasteiger partial charge in [-0.15, -0.1) is 0 Å². The summed E-state index contributed by atoms with van der Waals surface area (Å²) in [4.78, 5) is 24.2. The number of benzene rings is 1. The molecular formula is C14H11Br2NO4. The second kappa shape index (κ2) is 6.44. The summed E-state index contributed by atoms with van der Waals surface area (Å²) in [5.41, 5.74) is 6.52. The molecule has 5 nitrogen and oxygen atoms in total. The van der Waals surface area contributed by atoms with Crippen LogP contribution in [0.2, 0.25) is 0 Å². The Morgan fingerprint density at radius 1 is 1.33 bits per heavy atom. The zero-order valence-electron chi connectivity index (χ0n) is 11.0. The Bertz CT molecular complexity index is 709. The Morgan fingerprint density at radius 3 is 2.62 bits per heavy atom. The first-order valence-corrected chi connectivity index (χ1v) is 7.58. The number of halogens is 2. The van der Waals surface area contributed by atoms with Crippen LogP contribution in [0.5, 0.6) is 0 Å². The number of nitrogens with two attached hydrogens (primary N) is 1. The van der Waals surface area contributed by atoms with Gasteiger partial charge in [0.15, 0.2) is 5.76 Å². The van der Waals surface area contributed by atoms with E-state index in [1.807, 2.05) is 0 Å². The number of rotatable bonds is 4. The maximum absolute atomic E-state index is 12.5. The highest BCUT2D eigenvalue weighted by Crippen LogP contribution is 2.31. The summed E-state index contributed by atoms with van der Waals surface area (Å²) < 4.78 is 11.2. The Kier molecular flexibility index (Phi) is 4.84. The average molecular weight is 417 g/mol. The van der Waals surface area contributed by atoms with Crippen molar-refractivity contribution in [1.82, 2.24) is 0 Å². The van der Waals surface area contributed by atoms with Gasteiger partial charge in [0.05, 0.1) is 21.1 Å². The molecule has 0 aliphatic carbocycles. The molecule has 0 atom stereocenters. The van der Waals surface area contributed by atoms with Crippen LogP contribution >= 0.6 is 31.9 Å². The van der Waals surface area contributed by atoms with Gasteiger partial charge in [0.25, 0.3) is 0 Å². The van der Waals surface area contributed by atoms with Crippen LogP contribution in [0.25, 0.3) is 0 Å². The van der Waals surface area contributed by atoms with E-state index in [-0.39, 0.29) is 29.2 Å². The maximum atomic E-state index is 12.5. The molecule has 2 aromatic rings. The van der Waals surface area contributed by atoms with Gasteiger partial charge in [-0.3, -0.25) is 4.79 Å². The van der Waals surface area contributed by atoms with Crippen LogP contribution in [-0.2, 0) is 4.74 Å². The van der Waals surface area contributed by atoms with Gasteiger partial charge in [-0.05, 0) is 57.0 Å². The predicted molar refractivity (Wildman–Crippen MR) is 84.4 cm³/mol. The highest BCUT2D eigenvalue weighted by molar-refractivity contribution is 9.13. The van der Waals surface area contributed by atoms with E-state index in [1.165, 1.54) is 24.5 Å². The number of nitrogen functional groups attached to an aromatic ring is 1. The number of esters is 1. The monoisotopic (exact) mass is 415 g/mol. The molecule has 110 valence electrons. The Morgan fingerprint density at radius 2 is 2.05 bits per heavy atom. The lowest BCUT2D eigenvalue weighted by molar-refractivity contribution is 0.0526. The second-order valence-corrected chi connectivity index (χ2v) is 5.73. The molecule has 0 amide bonds. The summed E-state index contributed by atoms with van der Waals surface area (Å²) in [6.45, 7) is 1.96.